The molecule has 0 saturated heterocycles. The van der Waals surface area contributed by atoms with Gasteiger partial charge in [-0.15, -0.1) is 0 Å². The molecular formula is C11H24N2O3. The van der Waals surface area contributed by atoms with Crippen LogP contribution in [-0.2, 0) is 4.84 Å². The number of hydroxylamine groups is 1. The van der Waals surface area contributed by atoms with E-state index in [1.54, 1.807) is 0 Å². The third-order valence-corrected chi connectivity index (χ3v) is 2.56. The summed E-state index contributed by atoms with van der Waals surface area (Å²) in [5.74, 6) is 0. The van der Waals surface area contributed by atoms with Crippen molar-refractivity contribution in [3.8, 4) is 0 Å². The van der Waals surface area contributed by atoms with Crippen LogP contribution >= 0.6 is 0 Å². The number of nitrogens with one attached hydrogen (secondary N) is 1. The van der Waals surface area contributed by atoms with Gasteiger partial charge in [0.25, 0.3) is 0 Å². The molecule has 5 nitrogen and oxygen atoms in total. The van der Waals surface area contributed by atoms with Gasteiger partial charge in [-0.25, -0.2) is 0 Å². The largest absolute Gasteiger partial charge is 0.305 e. The third-order valence-electron chi connectivity index (χ3n) is 2.56. The predicted octanol–water partition coefficient (Wildman–Crippen LogP) is 2.53. The third kappa shape index (κ3) is 9.86. The number of hydrogen-bond donors (Lipinski definition) is 1. The first kappa shape index (κ1) is 15.3. The van der Waals surface area contributed by atoms with E-state index in [0.717, 1.165) is 19.3 Å². The molecule has 0 amide bonds. The van der Waals surface area contributed by atoms with Crippen LogP contribution in [0.15, 0.2) is 0 Å². The van der Waals surface area contributed by atoms with Crippen LogP contribution in [0, 0.1) is 10.1 Å². The van der Waals surface area contributed by atoms with Crippen LogP contribution in [0.4, 0.5) is 0 Å². The van der Waals surface area contributed by atoms with Gasteiger partial charge in [-0.3, -0.25) is 10.1 Å². The zero-order valence-corrected chi connectivity index (χ0v) is 10.4. The molecule has 0 saturated carbocycles. The Balaban J connectivity index is 3.47. The van der Waals surface area contributed by atoms with E-state index >= 15 is 0 Å². The topological polar surface area (TPSA) is 64.4 Å². The molecule has 0 rings (SSSR count). The minimum Gasteiger partial charge on any atom is -0.305 e. The van der Waals surface area contributed by atoms with Gasteiger partial charge in [-0.2, -0.15) is 5.48 Å². The van der Waals surface area contributed by atoms with E-state index in [9.17, 15) is 10.1 Å². The lowest BCUT2D eigenvalue weighted by Gasteiger charge is -2.12. The lowest BCUT2D eigenvalue weighted by atomic mass is 10.1. The first-order valence-electron chi connectivity index (χ1n) is 6.11. The molecule has 1 N–H and O–H groups in total. The summed E-state index contributed by atoms with van der Waals surface area (Å²) in [7, 11) is 1.49. The summed E-state index contributed by atoms with van der Waals surface area (Å²) < 4.78 is 0. The van der Waals surface area contributed by atoms with Crippen LogP contribution in [0.2, 0.25) is 0 Å². The molecule has 16 heavy (non-hydrogen) atoms. The number of rotatable bonds is 11. The zero-order chi connectivity index (χ0) is 12.2. The van der Waals surface area contributed by atoms with Crippen LogP contribution in [0.1, 0.15) is 51.9 Å². The lowest BCUT2D eigenvalue weighted by Crippen LogP contribution is -2.34. The SMILES string of the molecule is CCCCCCCCC(C[N+](=O)[O-])NOC. The van der Waals surface area contributed by atoms with Crippen LogP contribution < -0.4 is 5.48 Å². The summed E-state index contributed by atoms with van der Waals surface area (Å²) in [4.78, 5) is 14.8. The maximum absolute atomic E-state index is 10.4. The molecule has 0 aliphatic rings. The minimum atomic E-state index is -0.298. The molecule has 0 aromatic rings. The monoisotopic (exact) mass is 232 g/mol. The van der Waals surface area contributed by atoms with Crippen molar-refractivity contribution in [1.29, 1.82) is 0 Å². The number of unbranched alkanes of at least 4 members (excludes halogenated alkanes) is 5. The smallest absolute Gasteiger partial charge is 0.221 e. The summed E-state index contributed by atoms with van der Waals surface area (Å²) in [6, 6.07) is -0.161. The summed E-state index contributed by atoms with van der Waals surface area (Å²) in [5, 5.41) is 10.4. The highest BCUT2D eigenvalue weighted by Crippen LogP contribution is 2.08. The fourth-order valence-corrected chi connectivity index (χ4v) is 1.71. The Bertz CT molecular complexity index is 177. The molecule has 0 spiro atoms. The van der Waals surface area contributed by atoms with Crippen molar-refractivity contribution in [2.75, 3.05) is 13.7 Å². The summed E-state index contributed by atoms with van der Waals surface area (Å²) >= 11 is 0. The fourth-order valence-electron chi connectivity index (χ4n) is 1.71. The standard InChI is InChI=1S/C11H24N2O3/c1-3-4-5-6-7-8-9-11(12-16-2)10-13(14)15/h11-12H,3-10H2,1-2H3. The summed E-state index contributed by atoms with van der Waals surface area (Å²) in [6.45, 7) is 2.12. The highest BCUT2D eigenvalue weighted by atomic mass is 16.6. The average molecular weight is 232 g/mol. The molecule has 0 bridgehead atoms. The molecule has 0 aliphatic heterocycles. The van der Waals surface area contributed by atoms with Gasteiger partial charge in [0, 0.05) is 4.92 Å². The number of nitrogens with zero attached hydrogens (tertiary/aromatic N) is 1. The first-order valence-corrected chi connectivity index (χ1v) is 6.11. The number of hydrogen-bond acceptors (Lipinski definition) is 4. The van der Waals surface area contributed by atoms with Gasteiger partial charge in [0.05, 0.1) is 13.2 Å². The predicted molar refractivity (Wildman–Crippen MR) is 63.8 cm³/mol. The van der Waals surface area contributed by atoms with Gasteiger partial charge < -0.3 is 4.84 Å². The maximum Gasteiger partial charge on any atom is 0.221 e. The Hall–Kier alpha value is -0.680. The van der Waals surface area contributed by atoms with Crippen LogP contribution in [0.25, 0.3) is 0 Å². The van der Waals surface area contributed by atoms with Crippen LogP contribution in [0.3, 0.4) is 0 Å². The highest BCUT2D eigenvalue weighted by molar-refractivity contribution is 4.61. The fraction of sp³-hybridized carbons (Fsp3) is 1.00. The molecule has 5 heteroatoms. The molecule has 0 aromatic carbocycles. The van der Waals surface area contributed by atoms with Gasteiger partial charge in [0.2, 0.25) is 6.54 Å². The van der Waals surface area contributed by atoms with Crippen molar-refractivity contribution in [2.45, 2.75) is 57.9 Å². The van der Waals surface area contributed by atoms with Crippen molar-refractivity contribution in [3.05, 3.63) is 10.1 Å². The van der Waals surface area contributed by atoms with Gasteiger partial charge in [-0.1, -0.05) is 45.4 Å². The maximum atomic E-state index is 10.4. The second kappa shape index (κ2) is 10.8. The lowest BCUT2D eigenvalue weighted by molar-refractivity contribution is -0.485. The Kier molecular flexibility index (Phi) is 10.4. The first-order chi connectivity index (χ1) is 7.70. The normalized spacial score (nSPS) is 12.6. The Morgan fingerprint density at radius 1 is 1.25 bits per heavy atom. The zero-order valence-electron chi connectivity index (χ0n) is 10.4. The van der Waals surface area contributed by atoms with Crippen LogP contribution in [0.5, 0.6) is 0 Å². The van der Waals surface area contributed by atoms with Gasteiger partial charge >= 0.3 is 0 Å². The van der Waals surface area contributed by atoms with Crippen molar-refractivity contribution in [2.24, 2.45) is 0 Å². The van der Waals surface area contributed by atoms with E-state index in [-0.39, 0.29) is 17.5 Å². The van der Waals surface area contributed by atoms with E-state index in [2.05, 4.69) is 12.4 Å². The molecule has 1 unspecified atom stereocenters. The van der Waals surface area contributed by atoms with Gasteiger partial charge in [-0.05, 0) is 6.42 Å². The molecular weight excluding hydrogens is 208 g/mol. The second-order valence-corrected chi connectivity index (χ2v) is 4.09. The van der Waals surface area contributed by atoms with E-state index in [1.165, 1.54) is 32.8 Å². The Morgan fingerprint density at radius 2 is 1.88 bits per heavy atom. The highest BCUT2D eigenvalue weighted by Gasteiger charge is 2.13. The molecule has 0 aromatic heterocycles. The molecule has 96 valence electrons. The second-order valence-electron chi connectivity index (χ2n) is 4.09. The minimum absolute atomic E-state index is 0.0667. The summed E-state index contributed by atoms with van der Waals surface area (Å²) in [6.07, 6.45) is 8.02. The van der Waals surface area contributed by atoms with Crippen molar-refractivity contribution in [3.63, 3.8) is 0 Å². The molecule has 0 aliphatic carbocycles. The Morgan fingerprint density at radius 3 is 2.44 bits per heavy atom. The Labute approximate surface area is 97.7 Å². The van der Waals surface area contributed by atoms with Gasteiger partial charge in [0.1, 0.15) is 0 Å². The quantitative estimate of drug-likeness (QED) is 0.338. The van der Waals surface area contributed by atoms with Crippen molar-refractivity contribution < 1.29 is 9.76 Å². The average Bonchev–Trinajstić information content (AvgIpc) is 2.22. The van der Waals surface area contributed by atoms with Crippen molar-refractivity contribution >= 4 is 0 Å². The van der Waals surface area contributed by atoms with Crippen LogP contribution in [-0.4, -0.2) is 24.6 Å². The van der Waals surface area contributed by atoms with Gasteiger partial charge in [0.15, 0.2) is 0 Å². The summed E-state index contributed by atoms with van der Waals surface area (Å²) in [5.41, 5.74) is 2.67. The number of nitro groups is 1. The molecule has 1 atom stereocenters. The molecule has 0 heterocycles. The van der Waals surface area contributed by atoms with E-state index in [4.69, 9.17) is 4.84 Å². The van der Waals surface area contributed by atoms with E-state index in [1.807, 2.05) is 0 Å². The molecule has 0 radical (unpaired) electrons. The van der Waals surface area contributed by atoms with E-state index in [0.29, 0.717) is 0 Å². The van der Waals surface area contributed by atoms with E-state index < -0.39 is 0 Å². The molecule has 0 fully saturated rings. The van der Waals surface area contributed by atoms with Crippen molar-refractivity contribution in [1.82, 2.24) is 5.48 Å².